The van der Waals surface area contributed by atoms with E-state index in [2.05, 4.69) is 28.6 Å². The highest BCUT2D eigenvalue weighted by molar-refractivity contribution is 5.71. The number of hydrogen-bond donors (Lipinski definition) is 1. The van der Waals surface area contributed by atoms with Crippen molar-refractivity contribution < 1.29 is 0 Å². The maximum atomic E-state index is 5.72. The van der Waals surface area contributed by atoms with Gasteiger partial charge in [0.05, 0.1) is 0 Å². The lowest BCUT2D eigenvalue weighted by Gasteiger charge is -2.11. The van der Waals surface area contributed by atoms with Gasteiger partial charge < -0.3 is 10.3 Å². The predicted molar refractivity (Wildman–Crippen MR) is 81.5 cm³/mol. The number of hydrogen-bond acceptors (Lipinski definition) is 3. The molecular weight excluding hydrogens is 248 g/mol. The Morgan fingerprint density at radius 1 is 1.20 bits per heavy atom. The highest BCUT2D eigenvalue weighted by Gasteiger charge is 2.15. The fourth-order valence-corrected chi connectivity index (χ4v) is 2.58. The summed E-state index contributed by atoms with van der Waals surface area (Å²) in [5.41, 5.74) is 9.68. The molecule has 0 fully saturated rings. The Hall–Kier alpha value is -2.36. The molecule has 0 saturated carbocycles. The van der Waals surface area contributed by atoms with E-state index in [4.69, 9.17) is 10.7 Å². The van der Waals surface area contributed by atoms with Crippen molar-refractivity contribution in [2.24, 2.45) is 7.05 Å². The molecule has 0 radical (unpaired) electrons. The van der Waals surface area contributed by atoms with Gasteiger partial charge >= 0.3 is 0 Å². The second kappa shape index (κ2) is 4.96. The summed E-state index contributed by atoms with van der Waals surface area (Å²) >= 11 is 0. The number of fused-ring (bicyclic) bond motifs is 1. The first-order valence-electron chi connectivity index (χ1n) is 6.77. The van der Waals surface area contributed by atoms with Gasteiger partial charge in [-0.3, -0.25) is 0 Å². The van der Waals surface area contributed by atoms with Crippen LogP contribution in [0.2, 0.25) is 0 Å². The van der Waals surface area contributed by atoms with Gasteiger partial charge in [-0.05, 0) is 36.2 Å². The van der Waals surface area contributed by atoms with Crippen molar-refractivity contribution in [3.63, 3.8) is 0 Å². The van der Waals surface area contributed by atoms with Gasteiger partial charge in [0.2, 0.25) is 0 Å². The average molecular weight is 266 g/mol. The van der Waals surface area contributed by atoms with Crippen LogP contribution in [-0.2, 0) is 13.5 Å². The Morgan fingerprint density at radius 3 is 2.65 bits per heavy atom. The molecule has 3 rings (SSSR count). The molecule has 4 heteroatoms. The first kappa shape index (κ1) is 12.7. The van der Waals surface area contributed by atoms with Crippen LogP contribution in [0.25, 0.3) is 11.2 Å². The number of nitrogens with two attached hydrogens (primary N) is 1. The smallest absolute Gasteiger partial charge is 0.159 e. The quantitative estimate of drug-likeness (QED) is 0.742. The Kier molecular flexibility index (Phi) is 3.14. The summed E-state index contributed by atoms with van der Waals surface area (Å²) in [7, 11) is 2.02. The second-order valence-electron chi connectivity index (χ2n) is 5.22. The number of anilines is 1. The maximum absolute atomic E-state index is 5.72. The molecule has 0 aliphatic carbocycles. The molecular formula is C16H18N4. The number of benzene rings is 1. The third kappa shape index (κ3) is 2.25. The molecule has 2 heterocycles. The van der Waals surface area contributed by atoms with Gasteiger partial charge in [-0.15, -0.1) is 0 Å². The fraction of sp³-hybridized carbons (Fsp3) is 0.250. The summed E-state index contributed by atoms with van der Waals surface area (Å²) in [4.78, 5) is 9.09. The molecule has 0 aliphatic heterocycles. The SMILES string of the molecule is CC(Cc1ccc(N)cc1)c1nc2cccnc2n1C. The summed E-state index contributed by atoms with van der Waals surface area (Å²) in [5.74, 6) is 1.40. The number of nitrogens with zero attached hydrogens (tertiary/aromatic N) is 3. The van der Waals surface area contributed by atoms with Crippen LogP contribution in [0.15, 0.2) is 42.6 Å². The van der Waals surface area contributed by atoms with E-state index >= 15 is 0 Å². The summed E-state index contributed by atoms with van der Waals surface area (Å²) < 4.78 is 2.08. The van der Waals surface area contributed by atoms with Gasteiger partial charge in [-0.25, -0.2) is 9.97 Å². The van der Waals surface area contributed by atoms with E-state index in [0.717, 1.165) is 29.1 Å². The molecule has 2 N–H and O–H groups in total. The molecule has 0 amide bonds. The van der Waals surface area contributed by atoms with Crippen molar-refractivity contribution in [1.29, 1.82) is 0 Å². The van der Waals surface area contributed by atoms with E-state index < -0.39 is 0 Å². The summed E-state index contributed by atoms with van der Waals surface area (Å²) in [6.07, 6.45) is 2.75. The van der Waals surface area contributed by atoms with Crippen LogP contribution in [0, 0.1) is 0 Å². The molecule has 0 spiro atoms. The minimum absolute atomic E-state index is 0.331. The maximum Gasteiger partial charge on any atom is 0.159 e. The van der Waals surface area contributed by atoms with Crippen LogP contribution in [0.3, 0.4) is 0 Å². The molecule has 0 aliphatic rings. The van der Waals surface area contributed by atoms with Crippen molar-refractivity contribution in [1.82, 2.24) is 14.5 Å². The lowest BCUT2D eigenvalue weighted by Crippen LogP contribution is -2.06. The Morgan fingerprint density at radius 2 is 1.95 bits per heavy atom. The zero-order valence-corrected chi connectivity index (χ0v) is 11.7. The van der Waals surface area contributed by atoms with Crippen molar-refractivity contribution in [3.8, 4) is 0 Å². The van der Waals surface area contributed by atoms with E-state index in [0.29, 0.717) is 5.92 Å². The van der Waals surface area contributed by atoms with Gasteiger partial charge in [-0.2, -0.15) is 0 Å². The van der Waals surface area contributed by atoms with Crippen molar-refractivity contribution in [2.45, 2.75) is 19.3 Å². The highest BCUT2D eigenvalue weighted by Crippen LogP contribution is 2.23. The van der Waals surface area contributed by atoms with Gasteiger partial charge in [0.15, 0.2) is 5.65 Å². The van der Waals surface area contributed by atoms with Gasteiger partial charge in [0, 0.05) is 24.8 Å². The second-order valence-corrected chi connectivity index (χ2v) is 5.22. The molecule has 1 unspecified atom stereocenters. The van der Waals surface area contributed by atoms with Crippen molar-refractivity contribution >= 4 is 16.9 Å². The number of imidazole rings is 1. The van der Waals surface area contributed by atoms with E-state index in [1.54, 1.807) is 6.20 Å². The molecule has 2 aromatic heterocycles. The van der Waals surface area contributed by atoms with Crippen LogP contribution in [0.4, 0.5) is 5.69 Å². The molecule has 102 valence electrons. The van der Waals surface area contributed by atoms with Crippen molar-refractivity contribution in [2.75, 3.05) is 5.73 Å². The van der Waals surface area contributed by atoms with Gasteiger partial charge in [-0.1, -0.05) is 19.1 Å². The van der Waals surface area contributed by atoms with E-state index in [-0.39, 0.29) is 0 Å². The monoisotopic (exact) mass is 266 g/mol. The lowest BCUT2D eigenvalue weighted by molar-refractivity contribution is 0.663. The van der Waals surface area contributed by atoms with Crippen LogP contribution in [0.1, 0.15) is 24.2 Å². The topological polar surface area (TPSA) is 56.7 Å². The van der Waals surface area contributed by atoms with Crippen LogP contribution in [0.5, 0.6) is 0 Å². The fourth-order valence-electron chi connectivity index (χ4n) is 2.58. The van der Waals surface area contributed by atoms with Crippen LogP contribution >= 0.6 is 0 Å². The molecule has 3 aromatic rings. The largest absolute Gasteiger partial charge is 0.399 e. The zero-order chi connectivity index (χ0) is 14.1. The van der Waals surface area contributed by atoms with E-state index in [9.17, 15) is 0 Å². The number of nitrogen functional groups attached to an aromatic ring is 1. The van der Waals surface area contributed by atoms with Crippen LogP contribution < -0.4 is 5.73 Å². The van der Waals surface area contributed by atoms with Crippen LogP contribution in [-0.4, -0.2) is 14.5 Å². The number of aromatic nitrogens is 3. The molecule has 20 heavy (non-hydrogen) atoms. The zero-order valence-electron chi connectivity index (χ0n) is 11.7. The number of aryl methyl sites for hydroxylation is 1. The highest BCUT2D eigenvalue weighted by atomic mass is 15.1. The van der Waals surface area contributed by atoms with E-state index in [1.807, 2.05) is 31.3 Å². The summed E-state index contributed by atoms with van der Waals surface area (Å²) in [6, 6.07) is 12.0. The summed E-state index contributed by atoms with van der Waals surface area (Å²) in [6.45, 7) is 2.19. The van der Waals surface area contributed by atoms with Crippen molar-refractivity contribution in [3.05, 3.63) is 54.0 Å². The number of pyridine rings is 1. The van der Waals surface area contributed by atoms with Gasteiger partial charge in [0.1, 0.15) is 11.3 Å². The van der Waals surface area contributed by atoms with E-state index in [1.165, 1.54) is 5.56 Å². The predicted octanol–water partition coefficient (Wildman–Crippen LogP) is 2.90. The minimum atomic E-state index is 0.331. The number of rotatable bonds is 3. The third-order valence-corrected chi connectivity index (χ3v) is 3.62. The Labute approximate surface area is 118 Å². The third-order valence-electron chi connectivity index (χ3n) is 3.62. The normalized spacial score (nSPS) is 12.7. The molecule has 0 bridgehead atoms. The van der Waals surface area contributed by atoms with Gasteiger partial charge in [0.25, 0.3) is 0 Å². The molecule has 1 aromatic carbocycles. The summed E-state index contributed by atoms with van der Waals surface area (Å²) in [5, 5.41) is 0. The first-order chi connectivity index (χ1) is 9.65. The Bertz CT molecular complexity index is 728. The lowest BCUT2D eigenvalue weighted by atomic mass is 10.0. The average Bonchev–Trinajstić information content (AvgIpc) is 2.79. The minimum Gasteiger partial charge on any atom is -0.399 e. The Balaban J connectivity index is 1.90. The standard InChI is InChI=1S/C16H18N4/c1-11(10-12-5-7-13(17)8-6-12)15-19-14-4-3-9-18-16(14)20(15)2/h3-9,11H,10,17H2,1-2H3. The molecule has 4 nitrogen and oxygen atoms in total. The molecule has 0 saturated heterocycles. The molecule has 1 atom stereocenters. The first-order valence-corrected chi connectivity index (χ1v) is 6.77.